The number of amides is 1. The van der Waals surface area contributed by atoms with E-state index in [1.54, 1.807) is 19.0 Å². The third-order valence-electron chi connectivity index (χ3n) is 2.04. The van der Waals surface area contributed by atoms with E-state index < -0.39 is 0 Å². The summed E-state index contributed by atoms with van der Waals surface area (Å²) in [5.74, 6) is 2.70. The zero-order valence-corrected chi connectivity index (χ0v) is 9.50. The van der Waals surface area contributed by atoms with Crippen LogP contribution in [0.5, 0.6) is 0 Å². The molecule has 2 unspecified atom stereocenters. The molecule has 0 aliphatic heterocycles. The van der Waals surface area contributed by atoms with Gasteiger partial charge in [0, 0.05) is 14.1 Å². The van der Waals surface area contributed by atoms with Gasteiger partial charge in [-0.05, 0) is 13.3 Å². The number of terminal acetylenes is 1. The Morgan fingerprint density at radius 1 is 1.57 bits per heavy atom. The smallest absolute Gasteiger partial charge is 0.238 e. The predicted octanol–water partition coefficient (Wildman–Crippen LogP) is 0.855. The Labute approximate surface area is 86.9 Å². The van der Waals surface area contributed by atoms with Crippen LogP contribution >= 0.6 is 0 Å². The molecular weight excluding hydrogens is 176 g/mol. The van der Waals surface area contributed by atoms with Crippen molar-refractivity contribution in [1.29, 1.82) is 0 Å². The maximum absolute atomic E-state index is 11.5. The topological polar surface area (TPSA) is 32.3 Å². The molecule has 80 valence electrons. The fraction of sp³-hybridized carbons (Fsp3) is 0.727. The van der Waals surface area contributed by atoms with Gasteiger partial charge in [0.2, 0.25) is 5.91 Å². The van der Waals surface area contributed by atoms with Crippen LogP contribution in [-0.2, 0) is 4.79 Å². The summed E-state index contributed by atoms with van der Waals surface area (Å²) in [6.45, 7) is 3.91. The molecule has 0 radical (unpaired) electrons. The van der Waals surface area contributed by atoms with Crippen molar-refractivity contribution in [3.8, 4) is 12.3 Å². The molecule has 0 aromatic rings. The summed E-state index contributed by atoms with van der Waals surface area (Å²) < 4.78 is 0. The fourth-order valence-electron chi connectivity index (χ4n) is 1.26. The Morgan fingerprint density at radius 2 is 2.14 bits per heavy atom. The van der Waals surface area contributed by atoms with Crippen molar-refractivity contribution in [2.75, 3.05) is 14.1 Å². The normalized spacial score (nSPS) is 14.2. The van der Waals surface area contributed by atoms with Gasteiger partial charge in [0.1, 0.15) is 0 Å². The minimum atomic E-state index is -0.211. The van der Waals surface area contributed by atoms with Crippen molar-refractivity contribution < 1.29 is 4.79 Å². The lowest BCUT2D eigenvalue weighted by molar-refractivity contribution is -0.130. The van der Waals surface area contributed by atoms with Crippen LogP contribution in [-0.4, -0.2) is 37.0 Å². The average molecular weight is 196 g/mol. The molecule has 3 heteroatoms. The minimum absolute atomic E-state index is 0.00102. The van der Waals surface area contributed by atoms with E-state index in [1.165, 1.54) is 0 Å². The highest BCUT2D eigenvalue weighted by Crippen LogP contribution is 1.98. The number of carbonyl (C=O) groups excluding carboxylic acids is 1. The Morgan fingerprint density at radius 3 is 2.50 bits per heavy atom. The van der Waals surface area contributed by atoms with E-state index in [9.17, 15) is 4.79 Å². The number of carbonyl (C=O) groups is 1. The van der Waals surface area contributed by atoms with Crippen molar-refractivity contribution in [3.63, 3.8) is 0 Å². The van der Waals surface area contributed by atoms with Crippen LogP contribution < -0.4 is 5.32 Å². The zero-order chi connectivity index (χ0) is 11.1. The molecule has 0 saturated heterocycles. The number of rotatable bonds is 5. The molecule has 1 N–H and O–H groups in total. The van der Waals surface area contributed by atoms with Gasteiger partial charge in [-0.25, -0.2) is 0 Å². The van der Waals surface area contributed by atoms with E-state index in [-0.39, 0.29) is 18.0 Å². The summed E-state index contributed by atoms with van der Waals surface area (Å²) >= 11 is 0. The summed E-state index contributed by atoms with van der Waals surface area (Å²) in [5, 5.41) is 3.12. The molecule has 3 nitrogen and oxygen atoms in total. The second kappa shape index (κ2) is 6.44. The van der Waals surface area contributed by atoms with Crippen LogP contribution in [0.2, 0.25) is 0 Å². The second-order valence-electron chi connectivity index (χ2n) is 3.63. The van der Waals surface area contributed by atoms with Crippen molar-refractivity contribution >= 4 is 5.91 Å². The van der Waals surface area contributed by atoms with Gasteiger partial charge in [-0.1, -0.05) is 19.3 Å². The van der Waals surface area contributed by atoms with Crippen LogP contribution in [0.25, 0.3) is 0 Å². The first-order chi connectivity index (χ1) is 6.52. The molecule has 1 amide bonds. The van der Waals surface area contributed by atoms with Gasteiger partial charge in [-0.2, -0.15) is 0 Å². The summed E-state index contributed by atoms with van der Waals surface area (Å²) in [7, 11) is 3.48. The van der Waals surface area contributed by atoms with E-state index in [4.69, 9.17) is 6.42 Å². The molecule has 0 rings (SSSR count). The molecule has 0 bridgehead atoms. The average Bonchev–Trinajstić information content (AvgIpc) is 2.15. The summed E-state index contributed by atoms with van der Waals surface area (Å²) in [6, 6.07) is -0.212. The van der Waals surface area contributed by atoms with Gasteiger partial charge in [0.05, 0.1) is 12.1 Å². The van der Waals surface area contributed by atoms with Gasteiger partial charge >= 0.3 is 0 Å². The maximum Gasteiger partial charge on any atom is 0.238 e. The van der Waals surface area contributed by atoms with Gasteiger partial charge in [0.15, 0.2) is 0 Å². The first kappa shape index (κ1) is 13.0. The van der Waals surface area contributed by atoms with Crippen LogP contribution in [0.15, 0.2) is 0 Å². The van der Waals surface area contributed by atoms with Crippen molar-refractivity contribution in [2.24, 2.45) is 0 Å². The first-order valence-corrected chi connectivity index (χ1v) is 4.96. The fourth-order valence-corrected chi connectivity index (χ4v) is 1.26. The Kier molecular flexibility index (Phi) is 5.98. The van der Waals surface area contributed by atoms with Crippen molar-refractivity contribution in [1.82, 2.24) is 10.2 Å². The molecule has 14 heavy (non-hydrogen) atoms. The van der Waals surface area contributed by atoms with E-state index in [0.29, 0.717) is 0 Å². The molecule has 0 heterocycles. The van der Waals surface area contributed by atoms with Crippen molar-refractivity contribution in [2.45, 2.75) is 38.8 Å². The van der Waals surface area contributed by atoms with Gasteiger partial charge in [-0.15, -0.1) is 6.42 Å². The lowest BCUT2D eigenvalue weighted by atomic mass is 10.1. The number of nitrogens with one attached hydrogen (secondary N) is 1. The van der Waals surface area contributed by atoms with Gasteiger partial charge < -0.3 is 4.90 Å². The standard InChI is InChI=1S/C11H20N2O/c1-6-8-10(7-2)12-9(3)11(14)13(4)5/h2,9-10,12H,6,8H2,1,3-5H3. The highest BCUT2D eigenvalue weighted by atomic mass is 16.2. The van der Waals surface area contributed by atoms with Crippen LogP contribution in [0.1, 0.15) is 26.7 Å². The highest BCUT2D eigenvalue weighted by Gasteiger charge is 2.17. The predicted molar refractivity (Wildman–Crippen MR) is 58.8 cm³/mol. The molecule has 0 aromatic heterocycles. The largest absolute Gasteiger partial charge is 0.347 e. The summed E-state index contributed by atoms with van der Waals surface area (Å²) in [6.07, 6.45) is 7.27. The minimum Gasteiger partial charge on any atom is -0.347 e. The van der Waals surface area contributed by atoms with E-state index in [0.717, 1.165) is 12.8 Å². The third-order valence-corrected chi connectivity index (χ3v) is 2.04. The number of hydrogen-bond acceptors (Lipinski definition) is 2. The molecule has 0 fully saturated rings. The van der Waals surface area contributed by atoms with Gasteiger partial charge in [0.25, 0.3) is 0 Å². The Bertz CT molecular complexity index is 218. The zero-order valence-electron chi connectivity index (χ0n) is 9.50. The van der Waals surface area contributed by atoms with E-state index in [2.05, 4.69) is 18.2 Å². The lowest BCUT2D eigenvalue weighted by Gasteiger charge is -2.21. The second-order valence-corrected chi connectivity index (χ2v) is 3.63. The molecule has 0 saturated carbocycles. The molecule has 0 spiro atoms. The SMILES string of the molecule is C#CC(CCC)NC(C)C(=O)N(C)C. The van der Waals surface area contributed by atoms with Crippen molar-refractivity contribution in [3.05, 3.63) is 0 Å². The van der Waals surface area contributed by atoms with Crippen LogP contribution in [0.4, 0.5) is 0 Å². The summed E-state index contributed by atoms with van der Waals surface area (Å²) in [4.78, 5) is 13.1. The highest BCUT2D eigenvalue weighted by molar-refractivity contribution is 5.80. The Balaban J connectivity index is 4.09. The summed E-state index contributed by atoms with van der Waals surface area (Å²) in [5.41, 5.74) is 0. The number of hydrogen-bond donors (Lipinski definition) is 1. The molecule has 2 atom stereocenters. The van der Waals surface area contributed by atoms with E-state index >= 15 is 0 Å². The number of likely N-dealkylation sites (N-methyl/N-ethyl adjacent to an activating group) is 1. The first-order valence-electron chi connectivity index (χ1n) is 4.96. The Hall–Kier alpha value is -1.01. The molecular formula is C11H20N2O. The molecule has 0 aliphatic carbocycles. The van der Waals surface area contributed by atoms with Crippen LogP contribution in [0, 0.1) is 12.3 Å². The third kappa shape index (κ3) is 4.29. The monoisotopic (exact) mass is 196 g/mol. The molecule has 0 aliphatic rings. The van der Waals surface area contributed by atoms with E-state index in [1.807, 2.05) is 6.92 Å². The lowest BCUT2D eigenvalue weighted by Crippen LogP contribution is -2.45. The number of nitrogens with zero attached hydrogens (tertiary/aromatic N) is 1. The van der Waals surface area contributed by atoms with Crippen LogP contribution in [0.3, 0.4) is 0 Å². The van der Waals surface area contributed by atoms with Gasteiger partial charge in [-0.3, -0.25) is 10.1 Å². The quantitative estimate of drug-likeness (QED) is 0.661. The molecule has 0 aromatic carbocycles. The maximum atomic E-state index is 11.5.